The average Bonchev–Trinajstić information content (AvgIpc) is 2.54. The van der Waals surface area contributed by atoms with Gasteiger partial charge in [0.1, 0.15) is 5.75 Å². The maximum atomic E-state index is 12.1. The quantitative estimate of drug-likeness (QED) is 0.757. The Morgan fingerprint density at radius 1 is 1.17 bits per heavy atom. The van der Waals surface area contributed by atoms with Crippen molar-refractivity contribution < 1.29 is 18.6 Å². The Balaban J connectivity index is 1.97. The molecule has 3 nitrogen and oxygen atoms in total. The number of hydrogen-bond acceptors (Lipinski definition) is 3. The fourth-order valence-electron chi connectivity index (χ4n) is 2.42. The molecule has 0 spiro atoms. The molecule has 0 bridgehead atoms. The highest BCUT2D eigenvalue weighted by Crippen LogP contribution is 2.21. The summed E-state index contributed by atoms with van der Waals surface area (Å²) in [5, 5.41) is 11.1. The Bertz CT molecular complexity index is 637. The molecule has 0 amide bonds. The van der Waals surface area contributed by atoms with Crippen LogP contribution in [-0.2, 0) is 6.54 Å². The zero-order valence-electron chi connectivity index (χ0n) is 13.3. The van der Waals surface area contributed by atoms with Gasteiger partial charge < -0.3 is 9.84 Å². The first-order valence-corrected chi connectivity index (χ1v) is 8.05. The molecule has 6 heteroatoms. The predicted octanol–water partition coefficient (Wildman–Crippen LogP) is 4.50. The molecule has 0 fully saturated rings. The van der Waals surface area contributed by atoms with Crippen molar-refractivity contribution in [3.8, 4) is 5.75 Å². The average molecular weight is 356 g/mol. The minimum atomic E-state index is -2.85. The molecular formula is C18H20ClF2NO2. The van der Waals surface area contributed by atoms with Gasteiger partial charge in [-0.15, -0.1) is 0 Å². The maximum Gasteiger partial charge on any atom is 0.387 e. The first-order valence-electron chi connectivity index (χ1n) is 7.67. The van der Waals surface area contributed by atoms with Crippen LogP contribution in [0.5, 0.6) is 5.75 Å². The van der Waals surface area contributed by atoms with Crippen molar-refractivity contribution >= 4 is 11.6 Å². The van der Waals surface area contributed by atoms with Gasteiger partial charge in [0, 0.05) is 18.1 Å². The number of aliphatic hydroxyl groups excluding tert-OH is 1. The number of hydrogen-bond donors (Lipinski definition) is 1. The number of nitrogens with zero attached hydrogens (tertiary/aromatic N) is 1. The van der Waals surface area contributed by atoms with Crippen LogP contribution in [0.25, 0.3) is 0 Å². The van der Waals surface area contributed by atoms with Crippen LogP contribution in [0, 0.1) is 0 Å². The zero-order chi connectivity index (χ0) is 17.5. The van der Waals surface area contributed by atoms with Crippen molar-refractivity contribution in [2.75, 3.05) is 13.1 Å². The van der Waals surface area contributed by atoms with E-state index in [0.29, 0.717) is 23.7 Å². The summed E-state index contributed by atoms with van der Waals surface area (Å²) in [6.07, 6.45) is -0.718. The fraction of sp³-hybridized carbons (Fsp3) is 0.333. The normalized spacial score (nSPS) is 12.6. The summed E-state index contributed by atoms with van der Waals surface area (Å²) in [7, 11) is 0. The van der Waals surface area contributed by atoms with Gasteiger partial charge in [-0.1, -0.05) is 42.8 Å². The van der Waals surface area contributed by atoms with Crippen LogP contribution in [0.2, 0.25) is 5.02 Å². The van der Waals surface area contributed by atoms with Gasteiger partial charge in [0.05, 0.1) is 6.10 Å². The Morgan fingerprint density at radius 2 is 1.88 bits per heavy atom. The van der Waals surface area contributed by atoms with Crippen LogP contribution in [-0.4, -0.2) is 29.7 Å². The molecule has 0 heterocycles. The first kappa shape index (κ1) is 18.6. The summed E-state index contributed by atoms with van der Waals surface area (Å²) >= 11 is 5.99. The molecular weight excluding hydrogens is 336 g/mol. The van der Waals surface area contributed by atoms with Crippen LogP contribution >= 0.6 is 11.6 Å². The molecule has 0 saturated heterocycles. The van der Waals surface area contributed by atoms with E-state index in [0.717, 1.165) is 12.1 Å². The SMILES string of the molecule is CCN(Cc1cccc(Cl)c1)CC(O)c1ccc(OC(F)F)cc1. The molecule has 2 aromatic rings. The first-order chi connectivity index (χ1) is 11.5. The second kappa shape index (κ2) is 8.97. The monoisotopic (exact) mass is 355 g/mol. The predicted molar refractivity (Wildman–Crippen MR) is 90.4 cm³/mol. The van der Waals surface area contributed by atoms with E-state index in [4.69, 9.17) is 11.6 Å². The molecule has 1 unspecified atom stereocenters. The molecule has 130 valence electrons. The largest absolute Gasteiger partial charge is 0.435 e. The Kier molecular flexibility index (Phi) is 6.97. The number of benzene rings is 2. The van der Waals surface area contributed by atoms with Crippen LogP contribution in [0.1, 0.15) is 24.2 Å². The Morgan fingerprint density at radius 3 is 2.46 bits per heavy atom. The van der Waals surface area contributed by atoms with E-state index in [1.807, 2.05) is 31.2 Å². The highest BCUT2D eigenvalue weighted by molar-refractivity contribution is 6.30. The lowest BCUT2D eigenvalue weighted by atomic mass is 10.1. The Hall–Kier alpha value is -1.69. The summed E-state index contributed by atoms with van der Waals surface area (Å²) < 4.78 is 28.6. The lowest BCUT2D eigenvalue weighted by Gasteiger charge is -2.24. The lowest BCUT2D eigenvalue weighted by molar-refractivity contribution is -0.0498. The number of aliphatic hydroxyl groups is 1. The molecule has 0 aromatic heterocycles. The number of ether oxygens (including phenoxy) is 1. The smallest absolute Gasteiger partial charge is 0.387 e. The van der Waals surface area contributed by atoms with E-state index >= 15 is 0 Å². The van der Waals surface area contributed by atoms with E-state index in [2.05, 4.69) is 9.64 Å². The van der Waals surface area contributed by atoms with Gasteiger partial charge in [-0.3, -0.25) is 4.90 Å². The molecule has 24 heavy (non-hydrogen) atoms. The minimum absolute atomic E-state index is 0.0761. The molecule has 1 N–H and O–H groups in total. The van der Waals surface area contributed by atoms with Crippen molar-refractivity contribution in [2.45, 2.75) is 26.2 Å². The van der Waals surface area contributed by atoms with Crippen molar-refractivity contribution in [1.82, 2.24) is 4.90 Å². The van der Waals surface area contributed by atoms with Gasteiger partial charge in [0.2, 0.25) is 0 Å². The molecule has 0 aliphatic carbocycles. The molecule has 0 aliphatic heterocycles. The second-order valence-corrected chi connectivity index (χ2v) is 5.86. The molecule has 2 aromatic carbocycles. The fourth-order valence-corrected chi connectivity index (χ4v) is 2.63. The summed E-state index contributed by atoms with van der Waals surface area (Å²) in [5.74, 6) is 0.0761. The van der Waals surface area contributed by atoms with Gasteiger partial charge in [-0.05, 0) is 41.9 Å². The highest BCUT2D eigenvalue weighted by Gasteiger charge is 2.14. The van der Waals surface area contributed by atoms with Crippen LogP contribution in [0.15, 0.2) is 48.5 Å². The summed E-state index contributed by atoms with van der Waals surface area (Å²) in [4.78, 5) is 2.08. The molecule has 2 rings (SSSR count). The van der Waals surface area contributed by atoms with Crippen molar-refractivity contribution in [3.05, 3.63) is 64.7 Å². The van der Waals surface area contributed by atoms with E-state index in [-0.39, 0.29) is 5.75 Å². The molecule has 1 atom stereocenters. The third kappa shape index (κ3) is 5.74. The number of halogens is 3. The topological polar surface area (TPSA) is 32.7 Å². The summed E-state index contributed by atoms with van der Waals surface area (Å²) in [5.41, 5.74) is 1.72. The summed E-state index contributed by atoms with van der Waals surface area (Å²) in [6.45, 7) is 1.01. The molecule has 0 saturated carbocycles. The number of rotatable bonds is 8. The standard InChI is InChI=1S/C18H20ClF2NO2/c1-2-22(11-13-4-3-5-15(19)10-13)12-17(23)14-6-8-16(9-7-14)24-18(20)21/h3-10,17-18,23H,2,11-12H2,1H3. The third-order valence-electron chi connectivity index (χ3n) is 3.66. The number of likely N-dealkylation sites (N-methyl/N-ethyl adjacent to an activating group) is 1. The minimum Gasteiger partial charge on any atom is -0.435 e. The van der Waals surface area contributed by atoms with Crippen molar-refractivity contribution in [2.24, 2.45) is 0 Å². The number of alkyl halides is 2. The van der Waals surface area contributed by atoms with Gasteiger partial charge >= 0.3 is 6.61 Å². The molecule has 0 aliphatic rings. The van der Waals surface area contributed by atoms with Crippen LogP contribution < -0.4 is 4.74 Å². The third-order valence-corrected chi connectivity index (χ3v) is 3.90. The van der Waals surface area contributed by atoms with Gasteiger partial charge in [0.15, 0.2) is 0 Å². The zero-order valence-corrected chi connectivity index (χ0v) is 14.1. The van der Waals surface area contributed by atoms with Gasteiger partial charge in [-0.2, -0.15) is 8.78 Å². The van der Waals surface area contributed by atoms with E-state index < -0.39 is 12.7 Å². The van der Waals surface area contributed by atoms with Crippen molar-refractivity contribution in [1.29, 1.82) is 0 Å². The van der Waals surface area contributed by atoms with Crippen LogP contribution in [0.3, 0.4) is 0 Å². The maximum absolute atomic E-state index is 12.1. The highest BCUT2D eigenvalue weighted by atomic mass is 35.5. The van der Waals surface area contributed by atoms with E-state index in [9.17, 15) is 13.9 Å². The Labute approximate surface area is 145 Å². The lowest BCUT2D eigenvalue weighted by Crippen LogP contribution is -2.28. The van der Waals surface area contributed by atoms with Gasteiger partial charge in [-0.25, -0.2) is 0 Å². The van der Waals surface area contributed by atoms with E-state index in [1.165, 1.54) is 12.1 Å². The molecule has 0 radical (unpaired) electrons. The second-order valence-electron chi connectivity index (χ2n) is 5.42. The summed E-state index contributed by atoms with van der Waals surface area (Å²) in [6, 6.07) is 13.6. The van der Waals surface area contributed by atoms with Gasteiger partial charge in [0.25, 0.3) is 0 Å². The van der Waals surface area contributed by atoms with E-state index in [1.54, 1.807) is 12.1 Å². The van der Waals surface area contributed by atoms with Crippen LogP contribution in [0.4, 0.5) is 8.78 Å². The van der Waals surface area contributed by atoms with Crippen molar-refractivity contribution in [3.63, 3.8) is 0 Å².